The maximum atomic E-state index is 6.55. The van der Waals surface area contributed by atoms with Crippen molar-refractivity contribution in [3.8, 4) is 0 Å². The van der Waals surface area contributed by atoms with Crippen LogP contribution in [0.4, 0.5) is 0 Å². The van der Waals surface area contributed by atoms with Crippen molar-refractivity contribution in [2.24, 2.45) is 5.73 Å². The minimum atomic E-state index is -0.165. The van der Waals surface area contributed by atoms with Crippen LogP contribution in [0.15, 0.2) is 24.3 Å². The quantitative estimate of drug-likeness (QED) is 0.891. The fourth-order valence-corrected chi connectivity index (χ4v) is 3.29. The highest BCUT2D eigenvalue weighted by Crippen LogP contribution is 2.40. The molecule has 1 atom stereocenters. The molecule has 1 saturated carbocycles. The molecule has 1 unspecified atom stereocenters. The topological polar surface area (TPSA) is 35.2 Å². The van der Waals surface area contributed by atoms with Gasteiger partial charge >= 0.3 is 0 Å². The van der Waals surface area contributed by atoms with Crippen LogP contribution in [-0.2, 0) is 10.2 Å². The van der Waals surface area contributed by atoms with Crippen LogP contribution in [0.1, 0.15) is 70.0 Å². The van der Waals surface area contributed by atoms with Crippen LogP contribution < -0.4 is 5.73 Å². The van der Waals surface area contributed by atoms with Crippen LogP contribution in [-0.4, -0.2) is 12.7 Å². The Bertz CT molecular complexity index is 424. The third-order valence-corrected chi connectivity index (χ3v) is 4.81. The zero-order chi connectivity index (χ0) is 14.8. The molecule has 1 fully saturated rings. The average molecular weight is 275 g/mol. The van der Waals surface area contributed by atoms with E-state index >= 15 is 0 Å². The van der Waals surface area contributed by atoms with E-state index < -0.39 is 0 Å². The van der Waals surface area contributed by atoms with E-state index in [9.17, 15) is 0 Å². The van der Waals surface area contributed by atoms with Gasteiger partial charge < -0.3 is 10.5 Å². The molecule has 0 spiro atoms. The summed E-state index contributed by atoms with van der Waals surface area (Å²) >= 11 is 0. The molecule has 0 aromatic heterocycles. The first-order valence-electron chi connectivity index (χ1n) is 7.80. The lowest BCUT2D eigenvalue weighted by Crippen LogP contribution is -2.44. The molecule has 1 aliphatic carbocycles. The van der Waals surface area contributed by atoms with E-state index in [4.69, 9.17) is 10.5 Å². The SMILES string of the molecule is COC1(C(N)c2ccc(C(C)(C)C)cc2)CCCCC1. The molecule has 2 nitrogen and oxygen atoms in total. The van der Waals surface area contributed by atoms with Crippen LogP contribution in [0.25, 0.3) is 0 Å². The van der Waals surface area contributed by atoms with Crippen LogP contribution in [0, 0.1) is 0 Å². The summed E-state index contributed by atoms with van der Waals surface area (Å²) < 4.78 is 5.87. The Hall–Kier alpha value is -0.860. The van der Waals surface area contributed by atoms with Crippen molar-refractivity contribution < 1.29 is 4.74 Å². The highest BCUT2D eigenvalue weighted by Gasteiger charge is 2.38. The van der Waals surface area contributed by atoms with Gasteiger partial charge in [-0.2, -0.15) is 0 Å². The van der Waals surface area contributed by atoms with Gasteiger partial charge in [0.2, 0.25) is 0 Å². The molecule has 0 saturated heterocycles. The Balaban J connectivity index is 2.21. The molecule has 20 heavy (non-hydrogen) atoms. The molecule has 1 aliphatic rings. The predicted molar refractivity (Wildman–Crippen MR) is 84.9 cm³/mol. The van der Waals surface area contributed by atoms with Gasteiger partial charge in [-0.05, 0) is 29.4 Å². The second kappa shape index (κ2) is 5.87. The van der Waals surface area contributed by atoms with Crippen molar-refractivity contribution in [1.29, 1.82) is 0 Å². The molecule has 2 N–H and O–H groups in total. The van der Waals surface area contributed by atoms with Crippen molar-refractivity contribution >= 4 is 0 Å². The van der Waals surface area contributed by atoms with Gasteiger partial charge in [0.25, 0.3) is 0 Å². The van der Waals surface area contributed by atoms with Gasteiger partial charge in [-0.15, -0.1) is 0 Å². The summed E-state index contributed by atoms with van der Waals surface area (Å²) in [6.45, 7) is 6.71. The van der Waals surface area contributed by atoms with Gasteiger partial charge in [0.05, 0.1) is 11.6 Å². The number of hydrogen-bond donors (Lipinski definition) is 1. The molecule has 0 aliphatic heterocycles. The molecular weight excluding hydrogens is 246 g/mol. The second-order valence-corrected chi connectivity index (χ2v) is 7.18. The lowest BCUT2D eigenvalue weighted by molar-refractivity contribution is -0.0595. The molecule has 112 valence electrons. The van der Waals surface area contributed by atoms with Gasteiger partial charge in [-0.25, -0.2) is 0 Å². The lowest BCUT2D eigenvalue weighted by Gasteiger charge is -2.41. The Labute approximate surface area is 123 Å². The number of hydrogen-bond acceptors (Lipinski definition) is 2. The molecule has 1 aromatic carbocycles. The molecule has 0 radical (unpaired) electrons. The van der Waals surface area contributed by atoms with E-state index in [1.807, 2.05) is 7.11 Å². The Kier molecular flexibility index (Phi) is 4.55. The van der Waals surface area contributed by atoms with Crippen molar-refractivity contribution in [3.63, 3.8) is 0 Å². The number of benzene rings is 1. The molecular formula is C18H29NO. The second-order valence-electron chi connectivity index (χ2n) is 7.18. The van der Waals surface area contributed by atoms with Crippen LogP contribution >= 0.6 is 0 Å². The number of nitrogens with two attached hydrogens (primary N) is 1. The maximum Gasteiger partial charge on any atom is 0.0870 e. The molecule has 0 amide bonds. The first-order chi connectivity index (χ1) is 9.39. The standard InChI is InChI=1S/C18H29NO/c1-17(2,3)15-10-8-14(9-11-15)16(19)18(20-4)12-6-5-7-13-18/h8-11,16H,5-7,12-13,19H2,1-4H3. The Morgan fingerprint density at radius 2 is 1.60 bits per heavy atom. The fourth-order valence-electron chi connectivity index (χ4n) is 3.29. The van der Waals surface area contributed by atoms with Crippen LogP contribution in [0.5, 0.6) is 0 Å². The average Bonchev–Trinajstić information content (AvgIpc) is 2.46. The number of ether oxygens (including phenoxy) is 1. The normalized spacial score (nSPS) is 20.6. The van der Waals surface area contributed by atoms with Crippen molar-refractivity contribution in [2.75, 3.05) is 7.11 Å². The highest BCUT2D eigenvalue weighted by molar-refractivity contribution is 5.30. The van der Waals surface area contributed by atoms with E-state index in [2.05, 4.69) is 45.0 Å². The molecule has 1 aromatic rings. The Morgan fingerprint density at radius 3 is 2.05 bits per heavy atom. The summed E-state index contributed by atoms with van der Waals surface area (Å²) in [6, 6.07) is 8.76. The summed E-state index contributed by atoms with van der Waals surface area (Å²) in [5.41, 5.74) is 9.12. The van der Waals surface area contributed by atoms with Crippen LogP contribution in [0.3, 0.4) is 0 Å². The van der Waals surface area contributed by atoms with E-state index in [0.717, 1.165) is 12.8 Å². The smallest absolute Gasteiger partial charge is 0.0870 e. The Morgan fingerprint density at radius 1 is 1.05 bits per heavy atom. The maximum absolute atomic E-state index is 6.55. The molecule has 0 heterocycles. The lowest BCUT2D eigenvalue weighted by atomic mass is 9.76. The highest BCUT2D eigenvalue weighted by atomic mass is 16.5. The third-order valence-electron chi connectivity index (χ3n) is 4.81. The van der Waals surface area contributed by atoms with Crippen molar-refractivity contribution in [2.45, 2.75) is 69.9 Å². The van der Waals surface area contributed by atoms with Crippen molar-refractivity contribution in [1.82, 2.24) is 0 Å². The fraction of sp³-hybridized carbons (Fsp3) is 0.667. The summed E-state index contributed by atoms with van der Waals surface area (Å²) in [4.78, 5) is 0. The summed E-state index contributed by atoms with van der Waals surface area (Å²) in [5, 5.41) is 0. The monoisotopic (exact) mass is 275 g/mol. The van der Waals surface area contributed by atoms with Gasteiger partial charge in [-0.3, -0.25) is 0 Å². The largest absolute Gasteiger partial charge is 0.376 e. The first kappa shape index (κ1) is 15.5. The van der Waals surface area contributed by atoms with Crippen molar-refractivity contribution in [3.05, 3.63) is 35.4 Å². The van der Waals surface area contributed by atoms with Crippen LogP contribution in [0.2, 0.25) is 0 Å². The summed E-state index contributed by atoms with van der Waals surface area (Å²) in [6.07, 6.45) is 5.90. The number of rotatable bonds is 3. The molecule has 2 rings (SSSR count). The molecule has 2 heteroatoms. The van der Waals surface area contributed by atoms with E-state index in [-0.39, 0.29) is 17.1 Å². The van der Waals surface area contributed by atoms with Gasteiger partial charge in [0, 0.05) is 7.11 Å². The minimum absolute atomic E-state index is 0.0261. The number of methoxy groups -OCH3 is 1. The third kappa shape index (κ3) is 3.07. The van der Waals surface area contributed by atoms with E-state index in [1.54, 1.807) is 0 Å². The van der Waals surface area contributed by atoms with E-state index in [0.29, 0.717) is 0 Å². The van der Waals surface area contributed by atoms with E-state index in [1.165, 1.54) is 30.4 Å². The van der Waals surface area contributed by atoms with Gasteiger partial charge in [0.15, 0.2) is 0 Å². The van der Waals surface area contributed by atoms with Gasteiger partial charge in [-0.1, -0.05) is 64.3 Å². The summed E-state index contributed by atoms with van der Waals surface area (Å²) in [5.74, 6) is 0. The zero-order valence-electron chi connectivity index (χ0n) is 13.4. The first-order valence-corrected chi connectivity index (χ1v) is 7.80. The molecule has 0 bridgehead atoms. The predicted octanol–water partition coefficient (Wildman–Crippen LogP) is 4.33. The van der Waals surface area contributed by atoms with Gasteiger partial charge in [0.1, 0.15) is 0 Å². The zero-order valence-corrected chi connectivity index (χ0v) is 13.4. The minimum Gasteiger partial charge on any atom is -0.376 e. The summed E-state index contributed by atoms with van der Waals surface area (Å²) in [7, 11) is 1.81.